The largest absolute Gasteiger partial charge is 0.477 e. The van der Waals surface area contributed by atoms with E-state index in [2.05, 4.69) is 28.4 Å². The average molecular weight is 483 g/mol. The number of aromatic nitrogens is 1. The lowest BCUT2D eigenvalue weighted by Crippen LogP contribution is -2.38. The monoisotopic (exact) mass is 482 g/mol. The van der Waals surface area contributed by atoms with Crippen LogP contribution in [0.3, 0.4) is 0 Å². The molecule has 1 aromatic heterocycles. The van der Waals surface area contributed by atoms with Crippen LogP contribution in [0, 0.1) is 6.92 Å². The van der Waals surface area contributed by atoms with Crippen molar-refractivity contribution in [3.8, 4) is 5.88 Å². The zero-order valence-electron chi connectivity index (χ0n) is 21.4. The van der Waals surface area contributed by atoms with E-state index in [1.165, 1.54) is 5.57 Å². The van der Waals surface area contributed by atoms with Gasteiger partial charge in [0.15, 0.2) is 0 Å². The molecule has 0 spiro atoms. The van der Waals surface area contributed by atoms with E-state index in [4.69, 9.17) is 14.5 Å². The molecule has 1 unspecified atom stereocenters. The van der Waals surface area contributed by atoms with Crippen LogP contribution >= 0.6 is 0 Å². The highest BCUT2D eigenvalue weighted by atomic mass is 16.6. The van der Waals surface area contributed by atoms with Gasteiger partial charge in [-0.15, -0.1) is 0 Å². The third kappa shape index (κ3) is 6.23. The van der Waals surface area contributed by atoms with Crippen molar-refractivity contribution in [3.63, 3.8) is 0 Å². The van der Waals surface area contributed by atoms with Crippen molar-refractivity contribution in [1.82, 2.24) is 10.5 Å². The van der Waals surface area contributed by atoms with Crippen LogP contribution in [0.4, 0.5) is 5.69 Å². The minimum atomic E-state index is -0.476. The van der Waals surface area contributed by atoms with Gasteiger partial charge in [-0.2, -0.15) is 0 Å². The SMILES string of the molecule is Cc1c(N2CCC3=C/CCC/C=C(NO)/N=C\3C2)cnc2c1C(CCC(=O)OC(C)(C)C)CCO2. The second kappa shape index (κ2) is 10.8. The van der Waals surface area contributed by atoms with Crippen LogP contribution < -0.4 is 15.1 Å². The maximum Gasteiger partial charge on any atom is 0.306 e. The van der Waals surface area contributed by atoms with Gasteiger partial charge in [0.25, 0.3) is 0 Å². The number of carbonyl (C=O) groups is 1. The Hall–Kier alpha value is -2.87. The van der Waals surface area contributed by atoms with E-state index in [1.54, 1.807) is 0 Å². The molecule has 8 heteroatoms. The molecule has 0 aliphatic carbocycles. The fourth-order valence-electron chi connectivity index (χ4n) is 5.10. The first kappa shape index (κ1) is 25.2. The maximum absolute atomic E-state index is 12.4. The van der Waals surface area contributed by atoms with Gasteiger partial charge in [-0.3, -0.25) is 15.5 Å². The highest BCUT2D eigenvalue weighted by Gasteiger charge is 2.30. The highest BCUT2D eigenvalue weighted by Crippen LogP contribution is 2.41. The number of pyridine rings is 1. The van der Waals surface area contributed by atoms with Crippen LogP contribution in [-0.2, 0) is 9.53 Å². The lowest BCUT2D eigenvalue weighted by atomic mass is 9.87. The van der Waals surface area contributed by atoms with Gasteiger partial charge in [0.2, 0.25) is 5.88 Å². The lowest BCUT2D eigenvalue weighted by Gasteiger charge is -2.35. The van der Waals surface area contributed by atoms with Gasteiger partial charge in [0.1, 0.15) is 11.4 Å². The van der Waals surface area contributed by atoms with Gasteiger partial charge in [-0.05, 0) is 89.4 Å². The van der Waals surface area contributed by atoms with Crippen molar-refractivity contribution in [2.45, 2.75) is 84.2 Å². The van der Waals surface area contributed by atoms with Crippen molar-refractivity contribution < 1.29 is 19.5 Å². The lowest BCUT2D eigenvalue weighted by molar-refractivity contribution is -0.155. The van der Waals surface area contributed by atoms with Gasteiger partial charge in [-0.25, -0.2) is 9.98 Å². The number of allylic oxidation sites excluding steroid dienone is 2. The van der Waals surface area contributed by atoms with E-state index < -0.39 is 5.60 Å². The molecule has 8 nitrogen and oxygen atoms in total. The fourth-order valence-corrected chi connectivity index (χ4v) is 5.10. The Balaban J connectivity index is 1.56. The quantitative estimate of drug-likeness (QED) is 0.452. The summed E-state index contributed by atoms with van der Waals surface area (Å²) in [6.07, 6.45) is 11.9. The number of anilines is 1. The number of carbonyl (C=O) groups excluding carboxylic acids is 1. The predicted molar refractivity (Wildman–Crippen MR) is 136 cm³/mol. The summed E-state index contributed by atoms with van der Waals surface area (Å²) in [4.78, 5) is 24.1. The second-order valence-electron chi connectivity index (χ2n) is 10.5. The molecule has 0 amide bonds. The summed E-state index contributed by atoms with van der Waals surface area (Å²) in [5, 5.41) is 9.52. The van der Waals surface area contributed by atoms with Crippen LogP contribution in [0.15, 0.2) is 34.7 Å². The smallest absolute Gasteiger partial charge is 0.306 e. The number of esters is 1. The van der Waals surface area contributed by atoms with E-state index in [0.29, 0.717) is 37.7 Å². The van der Waals surface area contributed by atoms with Gasteiger partial charge in [0, 0.05) is 18.5 Å². The molecular formula is C27H38N4O4. The minimum absolute atomic E-state index is 0.165. The van der Waals surface area contributed by atoms with E-state index in [1.807, 2.05) is 33.0 Å². The fraction of sp³-hybridized carbons (Fsp3) is 0.593. The molecule has 0 bridgehead atoms. The molecule has 190 valence electrons. The molecule has 3 aliphatic rings. The zero-order chi connectivity index (χ0) is 25.0. The Morgan fingerprint density at radius 1 is 1.31 bits per heavy atom. The molecule has 4 rings (SSSR count). The third-order valence-electron chi connectivity index (χ3n) is 6.76. The maximum atomic E-state index is 12.4. The number of hydroxylamine groups is 1. The van der Waals surface area contributed by atoms with E-state index in [0.717, 1.165) is 61.2 Å². The zero-order valence-corrected chi connectivity index (χ0v) is 21.4. The summed E-state index contributed by atoms with van der Waals surface area (Å²) in [5.41, 5.74) is 7.32. The average Bonchev–Trinajstić information content (AvgIpc) is 2.91. The van der Waals surface area contributed by atoms with Gasteiger partial charge < -0.3 is 14.4 Å². The van der Waals surface area contributed by atoms with Crippen molar-refractivity contribution in [2.24, 2.45) is 4.99 Å². The summed E-state index contributed by atoms with van der Waals surface area (Å²) in [7, 11) is 0. The summed E-state index contributed by atoms with van der Waals surface area (Å²) in [5.74, 6) is 1.22. The van der Waals surface area contributed by atoms with Crippen LogP contribution in [-0.4, -0.2) is 47.2 Å². The van der Waals surface area contributed by atoms with Gasteiger partial charge in [-0.1, -0.05) is 6.08 Å². The first-order valence-electron chi connectivity index (χ1n) is 12.7. The molecular weight excluding hydrogens is 444 g/mol. The van der Waals surface area contributed by atoms with Crippen molar-refractivity contribution in [2.75, 3.05) is 24.6 Å². The molecule has 0 aromatic carbocycles. The number of aliphatic imine (C=N–C) groups is 1. The Labute approximate surface area is 208 Å². The Morgan fingerprint density at radius 3 is 2.89 bits per heavy atom. The first-order valence-corrected chi connectivity index (χ1v) is 12.7. The number of hydrogen-bond acceptors (Lipinski definition) is 8. The minimum Gasteiger partial charge on any atom is -0.477 e. The number of nitrogens with zero attached hydrogens (tertiary/aromatic N) is 3. The standard InChI is InChI=1S/C27H38N4O4/c1-18-22(31-14-12-19-8-6-5-7-9-23(30-33)29-21(19)17-31)16-28-26-25(18)20(13-15-34-26)10-11-24(32)35-27(2,3)4/h8-9,16,20,30,33H,5-7,10-15,17H2,1-4H3/b19-8-,23-9-,29-21-. The van der Waals surface area contributed by atoms with E-state index >= 15 is 0 Å². The van der Waals surface area contributed by atoms with Crippen molar-refractivity contribution in [1.29, 1.82) is 0 Å². The van der Waals surface area contributed by atoms with Gasteiger partial charge in [0.05, 0.1) is 30.7 Å². The van der Waals surface area contributed by atoms with Crippen molar-refractivity contribution in [3.05, 3.63) is 40.9 Å². The highest BCUT2D eigenvalue weighted by molar-refractivity contribution is 6.05. The van der Waals surface area contributed by atoms with Crippen LogP contribution in [0.25, 0.3) is 0 Å². The summed E-state index contributed by atoms with van der Waals surface area (Å²) < 4.78 is 11.4. The topological polar surface area (TPSA) is 96.3 Å². The number of hydrogen-bond donors (Lipinski definition) is 2. The van der Waals surface area contributed by atoms with Crippen LogP contribution in [0.5, 0.6) is 5.88 Å². The van der Waals surface area contributed by atoms with Crippen LogP contribution in [0.1, 0.15) is 82.8 Å². The summed E-state index contributed by atoms with van der Waals surface area (Å²) in [6, 6.07) is 0. The Morgan fingerprint density at radius 2 is 2.11 bits per heavy atom. The summed E-state index contributed by atoms with van der Waals surface area (Å²) >= 11 is 0. The number of ether oxygens (including phenoxy) is 2. The number of fused-ring (bicyclic) bond motifs is 2. The number of rotatable bonds is 5. The third-order valence-corrected chi connectivity index (χ3v) is 6.76. The molecule has 3 aliphatic heterocycles. The van der Waals surface area contributed by atoms with Gasteiger partial charge >= 0.3 is 5.97 Å². The molecule has 1 aromatic rings. The summed E-state index contributed by atoms with van der Waals surface area (Å²) in [6.45, 7) is 9.94. The molecule has 1 fully saturated rings. The van der Waals surface area contributed by atoms with Crippen LogP contribution in [0.2, 0.25) is 0 Å². The van der Waals surface area contributed by atoms with E-state index in [-0.39, 0.29) is 11.9 Å². The number of piperidine rings is 1. The van der Waals surface area contributed by atoms with E-state index in [9.17, 15) is 10.0 Å². The van der Waals surface area contributed by atoms with Crippen molar-refractivity contribution >= 4 is 17.4 Å². The molecule has 35 heavy (non-hydrogen) atoms. The Kier molecular flexibility index (Phi) is 7.79. The molecule has 4 heterocycles. The normalized spacial score (nSPS) is 25.0. The molecule has 1 atom stereocenters. The number of nitrogens with one attached hydrogen (secondary N) is 1. The Bertz CT molecular complexity index is 1040. The molecule has 2 N–H and O–H groups in total. The molecule has 0 radical (unpaired) electrons. The predicted octanol–water partition coefficient (Wildman–Crippen LogP) is 4.96. The molecule has 0 saturated carbocycles. The first-order chi connectivity index (χ1) is 16.7. The molecule has 1 saturated heterocycles. The second-order valence-corrected chi connectivity index (χ2v) is 10.5.